The molecule has 4 heteroatoms. The van der Waals surface area contributed by atoms with Crippen LogP contribution >= 0.6 is 0 Å². The van der Waals surface area contributed by atoms with Crippen LogP contribution in [0, 0.1) is 19.8 Å². The Balaban J connectivity index is 1.81. The van der Waals surface area contributed by atoms with E-state index in [2.05, 4.69) is 26.0 Å². The number of rotatable bonds is 6. The predicted octanol–water partition coefficient (Wildman–Crippen LogP) is 4.50. The van der Waals surface area contributed by atoms with Crippen molar-refractivity contribution in [3.8, 4) is 5.75 Å². The van der Waals surface area contributed by atoms with Crippen molar-refractivity contribution in [1.82, 2.24) is 0 Å². The SMILES string of the molecule is COCOC1C=CC(Cc2c(C)cc(O)cc2C)=NC1C1CCCCC1. The van der Waals surface area contributed by atoms with Gasteiger partial charge in [-0.05, 0) is 67.5 Å². The molecular formula is C22H31NO3. The molecule has 0 bridgehead atoms. The van der Waals surface area contributed by atoms with Gasteiger partial charge in [-0.2, -0.15) is 0 Å². The molecule has 142 valence electrons. The highest BCUT2D eigenvalue weighted by Crippen LogP contribution is 2.33. The Morgan fingerprint density at radius 2 is 1.81 bits per heavy atom. The van der Waals surface area contributed by atoms with E-state index < -0.39 is 0 Å². The lowest BCUT2D eigenvalue weighted by molar-refractivity contribution is -0.0691. The summed E-state index contributed by atoms with van der Waals surface area (Å²) in [6, 6.07) is 3.85. The van der Waals surface area contributed by atoms with Gasteiger partial charge >= 0.3 is 0 Å². The first-order valence-corrected chi connectivity index (χ1v) is 9.73. The van der Waals surface area contributed by atoms with Gasteiger partial charge in [-0.3, -0.25) is 4.99 Å². The Bertz CT molecular complexity index is 651. The Morgan fingerprint density at radius 3 is 2.46 bits per heavy atom. The van der Waals surface area contributed by atoms with Gasteiger partial charge in [-0.25, -0.2) is 0 Å². The molecule has 2 unspecified atom stereocenters. The fraction of sp³-hybridized carbons (Fsp3) is 0.591. The number of benzene rings is 1. The van der Waals surface area contributed by atoms with E-state index in [-0.39, 0.29) is 12.1 Å². The normalized spacial score (nSPS) is 23.9. The summed E-state index contributed by atoms with van der Waals surface area (Å²) in [7, 11) is 1.66. The van der Waals surface area contributed by atoms with Crippen LogP contribution in [0.3, 0.4) is 0 Å². The van der Waals surface area contributed by atoms with E-state index in [4.69, 9.17) is 14.5 Å². The molecular weight excluding hydrogens is 326 g/mol. The van der Waals surface area contributed by atoms with E-state index in [9.17, 15) is 5.11 Å². The molecule has 2 atom stereocenters. The van der Waals surface area contributed by atoms with E-state index >= 15 is 0 Å². The van der Waals surface area contributed by atoms with Crippen LogP contribution in [0.5, 0.6) is 5.75 Å². The number of methoxy groups -OCH3 is 1. The fourth-order valence-corrected chi connectivity index (χ4v) is 4.31. The highest BCUT2D eigenvalue weighted by atomic mass is 16.7. The molecule has 0 radical (unpaired) electrons. The number of aryl methyl sites for hydroxylation is 2. The van der Waals surface area contributed by atoms with E-state index in [1.165, 1.54) is 37.7 Å². The maximum absolute atomic E-state index is 9.78. The lowest BCUT2D eigenvalue weighted by atomic mass is 9.81. The topological polar surface area (TPSA) is 51.0 Å². The second-order valence-electron chi connectivity index (χ2n) is 7.64. The first kappa shape index (κ1) is 19.1. The maximum atomic E-state index is 9.78. The van der Waals surface area contributed by atoms with Crippen molar-refractivity contribution in [1.29, 1.82) is 0 Å². The zero-order valence-electron chi connectivity index (χ0n) is 16.2. The number of aliphatic imine (C=N–C) groups is 1. The lowest BCUT2D eigenvalue weighted by Crippen LogP contribution is -2.37. The van der Waals surface area contributed by atoms with Gasteiger partial charge in [0.05, 0.1) is 6.04 Å². The van der Waals surface area contributed by atoms with Gasteiger partial charge in [0.2, 0.25) is 0 Å². The largest absolute Gasteiger partial charge is 0.508 e. The highest BCUT2D eigenvalue weighted by Gasteiger charge is 2.32. The van der Waals surface area contributed by atoms with Gasteiger partial charge in [-0.1, -0.05) is 25.3 Å². The van der Waals surface area contributed by atoms with Crippen LogP contribution < -0.4 is 0 Å². The van der Waals surface area contributed by atoms with Crippen molar-refractivity contribution in [3.63, 3.8) is 0 Å². The second kappa shape index (κ2) is 8.83. The summed E-state index contributed by atoms with van der Waals surface area (Å²) in [5, 5.41) is 9.78. The van der Waals surface area contributed by atoms with E-state index in [1.54, 1.807) is 7.11 Å². The van der Waals surface area contributed by atoms with Crippen molar-refractivity contribution in [3.05, 3.63) is 41.0 Å². The van der Waals surface area contributed by atoms with Crippen molar-refractivity contribution in [2.75, 3.05) is 13.9 Å². The van der Waals surface area contributed by atoms with Crippen molar-refractivity contribution in [2.24, 2.45) is 10.9 Å². The van der Waals surface area contributed by atoms with E-state index in [0.29, 0.717) is 18.5 Å². The number of allylic oxidation sites excluding steroid dienone is 1. The molecule has 0 saturated heterocycles. The average molecular weight is 357 g/mol. The maximum Gasteiger partial charge on any atom is 0.147 e. The summed E-state index contributed by atoms with van der Waals surface area (Å²) in [6.45, 7) is 4.41. The number of phenolic OH excluding ortho intramolecular Hbond substituents is 1. The molecule has 0 spiro atoms. The molecule has 26 heavy (non-hydrogen) atoms. The molecule has 3 rings (SSSR count). The number of dihydropyridines is 1. The highest BCUT2D eigenvalue weighted by molar-refractivity contribution is 5.97. The molecule has 0 amide bonds. The van der Waals surface area contributed by atoms with Crippen molar-refractivity contribution >= 4 is 5.71 Å². The van der Waals surface area contributed by atoms with Gasteiger partial charge in [-0.15, -0.1) is 0 Å². The average Bonchev–Trinajstić information content (AvgIpc) is 2.64. The van der Waals surface area contributed by atoms with E-state index in [1.807, 2.05) is 12.1 Å². The molecule has 1 saturated carbocycles. The molecule has 4 nitrogen and oxygen atoms in total. The first-order valence-electron chi connectivity index (χ1n) is 9.73. The first-order chi connectivity index (χ1) is 12.6. The quantitative estimate of drug-likeness (QED) is 0.763. The third-order valence-electron chi connectivity index (χ3n) is 5.68. The second-order valence-corrected chi connectivity index (χ2v) is 7.64. The Morgan fingerprint density at radius 1 is 1.12 bits per heavy atom. The van der Waals surface area contributed by atoms with Crippen LogP contribution in [0.15, 0.2) is 29.3 Å². The van der Waals surface area contributed by atoms with Crippen LogP contribution in [0.2, 0.25) is 0 Å². The number of hydrogen-bond donors (Lipinski definition) is 1. The fourth-order valence-electron chi connectivity index (χ4n) is 4.31. The molecule has 1 N–H and O–H groups in total. The summed E-state index contributed by atoms with van der Waals surface area (Å²) in [4.78, 5) is 5.13. The third-order valence-corrected chi connectivity index (χ3v) is 5.68. The summed E-state index contributed by atoms with van der Waals surface area (Å²) >= 11 is 0. The van der Waals surface area contributed by atoms with Crippen molar-refractivity contribution < 1.29 is 14.6 Å². The summed E-state index contributed by atoms with van der Waals surface area (Å²) in [6.07, 6.45) is 11.5. The molecule has 2 aliphatic rings. The Hall–Kier alpha value is -1.65. The minimum absolute atomic E-state index is 0.00353. The molecule has 1 aliphatic heterocycles. The lowest BCUT2D eigenvalue weighted by Gasteiger charge is -2.34. The van der Waals surface area contributed by atoms with Crippen LogP contribution in [0.1, 0.15) is 48.8 Å². The monoisotopic (exact) mass is 357 g/mol. The van der Waals surface area contributed by atoms with E-state index in [0.717, 1.165) is 23.3 Å². The van der Waals surface area contributed by atoms with Crippen LogP contribution in [0.4, 0.5) is 0 Å². The number of nitrogens with zero attached hydrogens (tertiary/aromatic N) is 1. The number of phenols is 1. The van der Waals surface area contributed by atoms with Gasteiger partial charge in [0, 0.05) is 19.2 Å². The summed E-state index contributed by atoms with van der Waals surface area (Å²) < 4.78 is 11.0. The zero-order valence-corrected chi connectivity index (χ0v) is 16.2. The molecule has 1 fully saturated rings. The smallest absolute Gasteiger partial charge is 0.147 e. The minimum atomic E-state index is 0.00353. The summed E-state index contributed by atoms with van der Waals surface area (Å²) in [5.74, 6) is 0.922. The Kier molecular flexibility index (Phi) is 6.49. The predicted molar refractivity (Wildman–Crippen MR) is 105 cm³/mol. The van der Waals surface area contributed by atoms with Gasteiger partial charge in [0.15, 0.2) is 0 Å². The molecule has 0 aromatic heterocycles. The Labute approximate surface area is 156 Å². The van der Waals surface area contributed by atoms with Gasteiger partial charge < -0.3 is 14.6 Å². The molecule has 1 heterocycles. The number of hydrogen-bond acceptors (Lipinski definition) is 4. The number of aromatic hydroxyl groups is 1. The molecule has 1 aromatic carbocycles. The third kappa shape index (κ3) is 4.54. The number of ether oxygens (including phenoxy) is 2. The van der Waals surface area contributed by atoms with Crippen LogP contribution in [-0.2, 0) is 15.9 Å². The van der Waals surface area contributed by atoms with Crippen molar-refractivity contribution in [2.45, 2.75) is 64.5 Å². The van der Waals surface area contributed by atoms with Gasteiger partial charge in [0.1, 0.15) is 18.6 Å². The van der Waals surface area contributed by atoms with Gasteiger partial charge in [0.25, 0.3) is 0 Å². The minimum Gasteiger partial charge on any atom is -0.508 e. The van der Waals surface area contributed by atoms with Crippen LogP contribution in [0.25, 0.3) is 0 Å². The molecule has 1 aromatic rings. The zero-order chi connectivity index (χ0) is 18.5. The van der Waals surface area contributed by atoms with Crippen LogP contribution in [-0.4, -0.2) is 36.9 Å². The summed E-state index contributed by atoms with van der Waals surface area (Å²) in [5.41, 5.74) is 4.59. The standard InChI is InChI=1S/C22H31NO3/c1-15-11-19(24)12-16(2)20(15)13-18-9-10-21(26-14-25-3)22(23-18)17-7-5-4-6-8-17/h9-12,17,21-22,24H,4-8,13-14H2,1-3H3. The molecule has 1 aliphatic carbocycles.